The molecule has 0 spiro atoms. The van der Waals surface area contributed by atoms with Crippen molar-refractivity contribution in [1.29, 1.82) is 0 Å². The first-order chi connectivity index (χ1) is 9.91. The van der Waals surface area contributed by atoms with Gasteiger partial charge in [0.25, 0.3) is 0 Å². The summed E-state index contributed by atoms with van der Waals surface area (Å²) in [5, 5.41) is 0. The van der Waals surface area contributed by atoms with E-state index >= 15 is 0 Å². The third-order valence-corrected chi connectivity index (χ3v) is 3.65. The number of hydrogen-bond acceptors (Lipinski definition) is 2. The smallest absolute Gasteiger partial charge is 0.346 e. The molecule has 0 N–H and O–H groups in total. The Morgan fingerprint density at radius 1 is 1.09 bits per heavy atom. The zero-order valence-electron chi connectivity index (χ0n) is 12.3. The van der Waals surface area contributed by atoms with Crippen LogP contribution in [0.25, 0.3) is 0 Å². The molecule has 0 aromatic carbocycles. The van der Waals surface area contributed by atoms with Crippen LogP contribution >= 0.6 is 0 Å². The Hall–Kier alpha value is -0.570. The maximum absolute atomic E-state index is 14.4. The topological polar surface area (TPSA) is 18.5 Å². The first-order valence-electron chi connectivity index (χ1n) is 7.05. The molecule has 2 nitrogen and oxygen atoms in total. The maximum Gasteiger partial charge on any atom is 0.437 e. The van der Waals surface area contributed by atoms with Gasteiger partial charge in [0.2, 0.25) is 5.79 Å². The van der Waals surface area contributed by atoms with Crippen LogP contribution in [-0.2, 0) is 9.47 Å². The molecule has 1 rings (SSSR count). The van der Waals surface area contributed by atoms with E-state index in [1.165, 1.54) is 6.92 Å². The molecular weight excluding hydrogens is 321 g/mol. The van der Waals surface area contributed by atoms with E-state index in [-0.39, 0.29) is 19.3 Å². The van der Waals surface area contributed by atoms with Crippen LogP contribution in [0.4, 0.5) is 30.7 Å². The molecular formula is C13H19F7O2. The van der Waals surface area contributed by atoms with Crippen LogP contribution in [0.15, 0.2) is 0 Å². The van der Waals surface area contributed by atoms with Gasteiger partial charge in [0.15, 0.2) is 0 Å². The van der Waals surface area contributed by atoms with Gasteiger partial charge in [0, 0.05) is 6.42 Å². The van der Waals surface area contributed by atoms with Gasteiger partial charge in [-0.2, -0.15) is 26.3 Å². The molecule has 2 atom stereocenters. The van der Waals surface area contributed by atoms with Gasteiger partial charge >= 0.3 is 18.0 Å². The number of unbranched alkanes of at least 4 members (excludes halogenated alkanes) is 1. The van der Waals surface area contributed by atoms with Gasteiger partial charge in [-0.15, -0.1) is 0 Å². The summed E-state index contributed by atoms with van der Waals surface area (Å²) in [4.78, 5) is 0. The minimum Gasteiger partial charge on any atom is -0.346 e. The Bertz CT molecular complexity index is 352. The van der Waals surface area contributed by atoms with Crippen molar-refractivity contribution in [2.75, 3.05) is 6.61 Å². The number of rotatable bonds is 5. The molecule has 0 aromatic rings. The zero-order valence-corrected chi connectivity index (χ0v) is 12.3. The number of hydrogen-bond donors (Lipinski definition) is 0. The Morgan fingerprint density at radius 3 is 2.05 bits per heavy atom. The molecule has 0 radical (unpaired) electrons. The van der Waals surface area contributed by atoms with E-state index < -0.39 is 42.9 Å². The quantitative estimate of drug-likeness (QED) is 0.522. The SMILES string of the molecule is CCCCOC1(C(F)(C(F)(F)F)C(F)(F)F)CCCC(C)O1. The molecule has 0 aromatic heterocycles. The highest BCUT2D eigenvalue weighted by Gasteiger charge is 2.83. The van der Waals surface area contributed by atoms with Gasteiger partial charge in [0.05, 0.1) is 12.7 Å². The van der Waals surface area contributed by atoms with E-state index in [9.17, 15) is 30.7 Å². The summed E-state index contributed by atoms with van der Waals surface area (Å²) < 4.78 is 102. The molecule has 1 aliphatic rings. The van der Waals surface area contributed by atoms with Gasteiger partial charge in [-0.3, -0.25) is 0 Å². The summed E-state index contributed by atoms with van der Waals surface area (Å²) in [6.07, 6.45) is -13.3. The Morgan fingerprint density at radius 2 is 1.64 bits per heavy atom. The molecule has 1 fully saturated rings. The Labute approximate surface area is 123 Å². The van der Waals surface area contributed by atoms with Gasteiger partial charge in [-0.1, -0.05) is 13.3 Å². The third-order valence-electron chi connectivity index (χ3n) is 3.65. The first kappa shape index (κ1) is 19.5. The fourth-order valence-corrected chi connectivity index (χ4v) is 2.50. The van der Waals surface area contributed by atoms with E-state index in [4.69, 9.17) is 9.47 Å². The monoisotopic (exact) mass is 340 g/mol. The van der Waals surface area contributed by atoms with E-state index in [1.807, 2.05) is 0 Å². The molecule has 1 aliphatic heterocycles. The zero-order chi connectivity index (χ0) is 17.2. The molecule has 1 saturated heterocycles. The predicted octanol–water partition coefficient (Wildman–Crippen LogP) is 4.92. The normalized spacial score (nSPS) is 28.0. The minimum absolute atomic E-state index is 0.0505. The van der Waals surface area contributed by atoms with Crippen LogP contribution in [0.1, 0.15) is 46.0 Å². The second-order valence-electron chi connectivity index (χ2n) is 5.43. The standard InChI is InChI=1S/C13H19F7O2/c1-3-4-8-21-10(7-5-6-9(2)22-10)11(14,12(15,16)17)13(18,19)20/h9H,3-8H2,1-2H3. The van der Waals surface area contributed by atoms with Crippen LogP contribution in [0.5, 0.6) is 0 Å². The molecule has 2 unspecified atom stereocenters. The van der Waals surface area contributed by atoms with Crippen molar-refractivity contribution < 1.29 is 40.2 Å². The lowest BCUT2D eigenvalue weighted by Gasteiger charge is -2.48. The molecule has 0 aliphatic carbocycles. The highest BCUT2D eigenvalue weighted by molar-refractivity contribution is 5.08. The summed E-state index contributed by atoms with van der Waals surface area (Å²) in [7, 11) is 0. The summed E-state index contributed by atoms with van der Waals surface area (Å²) in [6.45, 7) is 2.53. The fraction of sp³-hybridized carbons (Fsp3) is 1.00. The lowest BCUT2D eigenvalue weighted by Crippen LogP contribution is -2.71. The molecule has 1 heterocycles. The molecule has 132 valence electrons. The van der Waals surface area contributed by atoms with E-state index in [0.717, 1.165) is 0 Å². The average molecular weight is 340 g/mol. The van der Waals surface area contributed by atoms with Crippen LogP contribution < -0.4 is 0 Å². The Kier molecular flexibility index (Phi) is 5.76. The first-order valence-corrected chi connectivity index (χ1v) is 7.05. The lowest BCUT2D eigenvalue weighted by atomic mass is 9.85. The van der Waals surface area contributed by atoms with E-state index in [2.05, 4.69) is 0 Å². The van der Waals surface area contributed by atoms with Gasteiger partial charge < -0.3 is 9.47 Å². The Balaban J connectivity index is 3.31. The van der Waals surface area contributed by atoms with Gasteiger partial charge in [-0.25, -0.2) is 4.39 Å². The van der Waals surface area contributed by atoms with Crippen molar-refractivity contribution in [3.05, 3.63) is 0 Å². The summed E-state index contributed by atoms with van der Waals surface area (Å²) in [6, 6.07) is 0. The largest absolute Gasteiger partial charge is 0.437 e. The number of ether oxygens (including phenoxy) is 2. The molecule has 0 bridgehead atoms. The highest BCUT2D eigenvalue weighted by Crippen LogP contribution is 2.57. The van der Waals surface area contributed by atoms with Crippen molar-refractivity contribution in [3.63, 3.8) is 0 Å². The molecule has 9 heteroatoms. The van der Waals surface area contributed by atoms with Gasteiger partial charge in [0.1, 0.15) is 0 Å². The molecule has 0 saturated carbocycles. The van der Waals surface area contributed by atoms with E-state index in [0.29, 0.717) is 6.42 Å². The average Bonchev–Trinajstić information content (AvgIpc) is 2.35. The minimum atomic E-state index is -6.20. The van der Waals surface area contributed by atoms with Crippen molar-refractivity contribution in [2.24, 2.45) is 0 Å². The second-order valence-corrected chi connectivity index (χ2v) is 5.43. The van der Waals surface area contributed by atoms with E-state index in [1.54, 1.807) is 6.92 Å². The van der Waals surface area contributed by atoms with Crippen LogP contribution in [0.2, 0.25) is 0 Å². The van der Waals surface area contributed by atoms with Crippen molar-refractivity contribution in [2.45, 2.75) is 75.9 Å². The van der Waals surface area contributed by atoms with Crippen LogP contribution in [0.3, 0.4) is 0 Å². The predicted molar refractivity (Wildman–Crippen MR) is 63.9 cm³/mol. The van der Waals surface area contributed by atoms with Crippen molar-refractivity contribution in [1.82, 2.24) is 0 Å². The molecule has 0 amide bonds. The number of alkyl halides is 7. The van der Waals surface area contributed by atoms with Crippen molar-refractivity contribution >= 4 is 0 Å². The van der Waals surface area contributed by atoms with Crippen molar-refractivity contribution in [3.8, 4) is 0 Å². The second kappa shape index (κ2) is 6.51. The summed E-state index contributed by atoms with van der Waals surface area (Å²) in [5.74, 6) is -3.39. The number of halogens is 7. The summed E-state index contributed by atoms with van der Waals surface area (Å²) >= 11 is 0. The summed E-state index contributed by atoms with van der Waals surface area (Å²) in [5.41, 5.74) is -5.57. The third kappa shape index (κ3) is 3.34. The van der Waals surface area contributed by atoms with Gasteiger partial charge in [-0.05, 0) is 26.2 Å². The molecule has 22 heavy (non-hydrogen) atoms. The van der Waals surface area contributed by atoms with Crippen LogP contribution in [-0.4, -0.2) is 36.5 Å². The highest BCUT2D eigenvalue weighted by atomic mass is 19.4. The van der Waals surface area contributed by atoms with Crippen LogP contribution in [0, 0.1) is 0 Å². The lowest BCUT2D eigenvalue weighted by molar-refractivity contribution is -0.453. The fourth-order valence-electron chi connectivity index (χ4n) is 2.50. The maximum atomic E-state index is 14.4.